The summed E-state index contributed by atoms with van der Waals surface area (Å²) in [7, 11) is 0. The van der Waals surface area contributed by atoms with Crippen LogP contribution in [0.1, 0.15) is 23.7 Å². The predicted molar refractivity (Wildman–Crippen MR) is 90.4 cm³/mol. The van der Waals surface area contributed by atoms with Crippen molar-refractivity contribution in [2.45, 2.75) is 19.9 Å². The fourth-order valence-electron chi connectivity index (χ4n) is 2.13. The summed E-state index contributed by atoms with van der Waals surface area (Å²) in [5.74, 6) is 0.789. The maximum absolute atomic E-state index is 4.68. The van der Waals surface area contributed by atoms with Crippen molar-refractivity contribution < 1.29 is 0 Å². The van der Waals surface area contributed by atoms with Gasteiger partial charge in [0.05, 0.1) is 15.0 Å². The highest BCUT2D eigenvalue weighted by Gasteiger charge is 2.19. The van der Waals surface area contributed by atoms with E-state index in [0.29, 0.717) is 0 Å². The second kappa shape index (κ2) is 5.25. The van der Waals surface area contributed by atoms with E-state index in [-0.39, 0.29) is 6.04 Å². The summed E-state index contributed by atoms with van der Waals surface area (Å²) in [5, 5.41) is 20.6. The van der Waals surface area contributed by atoms with Gasteiger partial charge in [0.2, 0.25) is 4.96 Å². The first-order chi connectivity index (χ1) is 10.6. The van der Waals surface area contributed by atoms with Crippen molar-refractivity contribution in [2.24, 2.45) is 0 Å². The van der Waals surface area contributed by atoms with Crippen molar-refractivity contribution in [1.29, 1.82) is 0 Å². The lowest BCUT2D eigenvalue weighted by molar-refractivity contribution is 0.551. The van der Waals surface area contributed by atoms with Gasteiger partial charge in [-0.2, -0.15) is 14.7 Å². The molecular weight excluding hydrogens is 384 g/mol. The molecule has 4 rings (SSSR count). The van der Waals surface area contributed by atoms with Gasteiger partial charge in [0.25, 0.3) is 0 Å². The van der Waals surface area contributed by atoms with Gasteiger partial charge >= 0.3 is 0 Å². The van der Waals surface area contributed by atoms with Gasteiger partial charge in [-0.1, -0.05) is 17.4 Å². The van der Waals surface area contributed by atoms with E-state index in [1.54, 1.807) is 22.7 Å². The Morgan fingerprint density at radius 3 is 2.82 bits per heavy atom. The third-order valence-corrected chi connectivity index (χ3v) is 6.07. The van der Waals surface area contributed by atoms with Crippen LogP contribution in [-0.2, 0) is 0 Å². The summed E-state index contributed by atoms with van der Waals surface area (Å²) in [6.07, 6.45) is 1.97. The molecule has 6 nitrogen and oxygen atoms in total. The van der Waals surface area contributed by atoms with Crippen molar-refractivity contribution in [3.63, 3.8) is 0 Å². The molecule has 0 N–H and O–H groups in total. The number of fused-ring (bicyclic) bond motifs is 1. The third kappa shape index (κ3) is 2.20. The Labute approximate surface area is 142 Å². The molecule has 4 aromatic heterocycles. The lowest BCUT2D eigenvalue weighted by atomic mass is 10.4. The molecule has 0 saturated heterocycles. The van der Waals surface area contributed by atoms with Gasteiger partial charge < -0.3 is 0 Å². The van der Waals surface area contributed by atoms with Crippen LogP contribution in [0.3, 0.4) is 0 Å². The van der Waals surface area contributed by atoms with E-state index >= 15 is 0 Å². The van der Waals surface area contributed by atoms with E-state index in [4.69, 9.17) is 0 Å². The zero-order valence-corrected chi connectivity index (χ0v) is 15.0. The Morgan fingerprint density at radius 2 is 2.14 bits per heavy atom. The van der Waals surface area contributed by atoms with Gasteiger partial charge in [0, 0.05) is 6.20 Å². The highest BCUT2D eigenvalue weighted by Crippen LogP contribution is 2.29. The van der Waals surface area contributed by atoms with E-state index in [1.807, 2.05) is 39.8 Å². The number of halogens is 1. The fourth-order valence-corrected chi connectivity index (χ4v) is 4.00. The molecule has 0 aliphatic heterocycles. The molecule has 112 valence electrons. The smallest absolute Gasteiger partial charge is 0.235 e. The van der Waals surface area contributed by atoms with Gasteiger partial charge in [-0.15, -0.1) is 21.5 Å². The van der Waals surface area contributed by atoms with E-state index in [0.717, 1.165) is 30.8 Å². The third-order valence-electron chi connectivity index (χ3n) is 3.36. The zero-order valence-electron chi connectivity index (χ0n) is 11.8. The molecule has 0 saturated carbocycles. The average molecular weight is 395 g/mol. The Morgan fingerprint density at radius 1 is 1.27 bits per heavy atom. The molecule has 4 aromatic rings. The molecule has 0 radical (unpaired) electrons. The molecule has 0 fully saturated rings. The molecule has 0 aliphatic rings. The van der Waals surface area contributed by atoms with Gasteiger partial charge in [0.15, 0.2) is 5.82 Å². The Balaban J connectivity index is 1.77. The number of thiophene rings is 1. The van der Waals surface area contributed by atoms with Gasteiger partial charge in [-0.25, -0.2) is 0 Å². The predicted octanol–water partition coefficient (Wildman–Crippen LogP) is 3.79. The minimum Gasteiger partial charge on any atom is -0.262 e. The average Bonchev–Trinajstić information content (AvgIpc) is 3.22. The van der Waals surface area contributed by atoms with Crippen molar-refractivity contribution in [3.05, 3.63) is 38.9 Å². The van der Waals surface area contributed by atoms with Crippen molar-refractivity contribution in [3.8, 4) is 10.7 Å². The topological polar surface area (TPSA) is 60.9 Å². The first-order valence-corrected chi connectivity index (χ1v) is 9.09. The monoisotopic (exact) mass is 394 g/mol. The lowest BCUT2D eigenvalue weighted by Gasteiger charge is -2.07. The van der Waals surface area contributed by atoms with E-state index in [9.17, 15) is 0 Å². The summed E-state index contributed by atoms with van der Waals surface area (Å²) in [6.45, 7) is 4.05. The number of rotatable bonds is 3. The Hall–Kier alpha value is -1.58. The van der Waals surface area contributed by atoms with Crippen LogP contribution in [0.4, 0.5) is 0 Å². The summed E-state index contributed by atoms with van der Waals surface area (Å²) < 4.78 is 4.73. The summed E-state index contributed by atoms with van der Waals surface area (Å²) in [5.41, 5.74) is 0.967. The van der Waals surface area contributed by atoms with Crippen LogP contribution in [0.2, 0.25) is 0 Å². The highest BCUT2D eigenvalue weighted by molar-refractivity contribution is 9.10. The SMILES string of the molecule is Cc1nn([C@@H](C)c2nn3c(-c4cccs4)nnc3s2)cc1Br. The van der Waals surface area contributed by atoms with Crippen LogP contribution in [0, 0.1) is 6.92 Å². The number of hydrogen-bond acceptors (Lipinski definition) is 6. The van der Waals surface area contributed by atoms with Crippen LogP contribution >= 0.6 is 38.6 Å². The molecule has 0 bridgehead atoms. The van der Waals surface area contributed by atoms with Gasteiger partial charge in [-0.3, -0.25) is 4.68 Å². The van der Waals surface area contributed by atoms with Crippen molar-refractivity contribution >= 4 is 43.6 Å². The zero-order chi connectivity index (χ0) is 15.3. The first-order valence-electron chi connectivity index (χ1n) is 6.61. The molecule has 0 unspecified atom stereocenters. The molecule has 1 atom stereocenters. The largest absolute Gasteiger partial charge is 0.262 e. The van der Waals surface area contributed by atoms with E-state index < -0.39 is 0 Å². The van der Waals surface area contributed by atoms with Crippen LogP contribution in [0.15, 0.2) is 28.2 Å². The Kier molecular flexibility index (Phi) is 3.35. The molecule has 4 heterocycles. The summed E-state index contributed by atoms with van der Waals surface area (Å²) in [4.78, 5) is 1.86. The lowest BCUT2D eigenvalue weighted by Crippen LogP contribution is -2.08. The van der Waals surface area contributed by atoms with Crippen LogP contribution < -0.4 is 0 Å². The molecule has 0 spiro atoms. The number of hydrogen-bond donors (Lipinski definition) is 0. The standard InChI is InChI=1S/C13H11BrN6S2/c1-7-9(14)6-19(17-7)8(2)12-18-20-11(10-4-3-5-21-10)15-16-13(20)22-12/h3-6,8H,1-2H3/t8-/m0/s1. The maximum Gasteiger partial charge on any atom is 0.235 e. The Bertz CT molecular complexity index is 916. The van der Waals surface area contributed by atoms with Gasteiger partial charge in [-0.05, 0) is 41.2 Å². The molecule has 9 heteroatoms. The highest BCUT2D eigenvalue weighted by atomic mass is 79.9. The normalized spacial score (nSPS) is 13.0. The molecule has 0 aromatic carbocycles. The van der Waals surface area contributed by atoms with Gasteiger partial charge in [0.1, 0.15) is 11.0 Å². The molecule has 22 heavy (non-hydrogen) atoms. The van der Waals surface area contributed by atoms with E-state index in [1.165, 1.54) is 0 Å². The molecule has 0 aliphatic carbocycles. The number of nitrogens with zero attached hydrogens (tertiary/aromatic N) is 6. The first kappa shape index (κ1) is 14.0. The second-order valence-corrected chi connectivity index (χ2v) is 7.64. The van der Waals surface area contributed by atoms with Crippen LogP contribution in [0.5, 0.6) is 0 Å². The van der Waals surface area contributed by atoms with Crippen molar-refractivity contribution in [2.75, 3.05) is 0 Å². The fraction of sp³-hybridized carbons (Fsp3) is 0.231. The van der Waals surface area contributed by atoms with Crippen molar-refractivity contribution in [1.82, 2.24) is 29.6 Å². The number of aromatic nitrogens is 6. The molecular formula is C13H11BrN6S2. The van der Waals surface area contributed by atoms with E-state index in [2.05, 4.69) is 43.2 Å². The minimum absolute atomic E-state index is 0.0490. The quantitative estimate of drug-likeness (QED) is 0.530. The minimum atomic E-state index is 0.0490. The number of aryl methyl sites for hydroxylation is 1. The van der Waals surface area contributed by atoms with Crippen LogP contribution in [-0.4, -0.2) is 29.6 Å². The second-order valence-electron chi connectivity index (χ2n) is 4.85. The molecule has 0 amide bonds. The summed E-state index contributed by atoms with van der Waals surface area (Å²) >= 11 is 6.67. The maximum atomic E-state index is 4.68. The van der Waals surface area contributed by atoms with Crippen LogP contribution in [0.25, 0.3) is 15.7 Å². The summed E-state index contributed by atoms with van der Waals surface area (Å²) in [6, 6.07) is 4.08.